The van der Waals surface area contributed by atoms with Crippen LogP contribution in [-0.2, 0) is 9.59 Å². The van der Waals surface area contributed by atoms with Crippen molar-refractivity contribution in [1.29, 1.82) is 5.26 Å². The van der Waals surface area contributed by atoms with E-state index in [2.05, 4.69) is 22.0 Å². The predicted molar refractivity (Wildman–Crippen MR) is 110 cm³/mol. The zero-order chi connectivity index (χ0) is 22.9. The SMILES string of the molecule is CC1=C(CC(=O)N[C@@H](C2CCC(F)CC2F)C(C)(C)O)C(=O)NC2CCNC(C#N)C12. The maximum atomic E-state index is 14.6. The number of nitriles is 1. The quantitative estimate of drug-likeness (QED) is 0.519. The molecule has 2 aliphatic heterocycles. The van der Waals surface area contributed by atoms with Gasteiger partial charge in [0.15, 0.2) is 0 Å². The highest BCUT2D eigenvalue weighted by atomic mass is 19.1. The van der Waals surface area contributed by atoms with Crippen LogP contribution in [0.2, 0.25) is 0 Å². The number of hydrogen-bond acceptors (Lipinski definition) is 5. The second kappa shape index (κ2) is 9.21. The van der Waals surface area contributed by atoms with Crippen LogP contribution in [0.15, 0.2) is 11.1 Å². The van der Waals surface area contributed by atoms with Crippen molar-refractivity contribution in [2.45, 2.75) is 88.9 Å². The highest BCUT2D eigenvalue weighted by Gasteiger charge is 2.44. The van der Waals surface area contributed by atoms with Crippen LogP contribution in [0.5, 0.6) is 0 Å². The molecule has 7 nitrogen and oxygen atoms in total. The van der Waals surface area contributed by atoms with Crippen LogP contribution >= 0.6 is 0 Å². The molecule has 1 aliphatic carbocycles. The number of carbonyl (C=O) groups is 2. The molecule has 172 valence electrons. The smallest absolute Gasteiger partial charge is 0.247 e. The molecule has 0 bridgehead atoms. The number of nitrogens with one attached hydrogen (secondary N) is 3. The summed E-state index contributed by atoms with van der Waals surface area (Å²) in [6.45, 7) is 5.37. The number of carbonyl (C=O) groups excluding carboxylic acids is 2. The van der Waals surface area contributed by atoms with E-state index in [9.17, 15) is 28.7 Å². The first kappa shape index (κ1) is 23.6. The lowest BCUT2D eigenvalue weighted by atomic mass is 9.75. The van der Waals surface area contributed by atoms with Crippen molar-refractivity contribution in [2.24, 2.45) is 11.8 Å². The van der Waals surface area contributed by atoms with E-state index in [1.54, 1.807) is 6.92 Å². The zero-order valence-corrected chi connectivity index (χ0v) is 18.3. The Balaban J connectivity index is 1.77. The van der Waals surface area contributed by atoms with Crippen LogP contribution in [0, 0.1) is 23.2 Å². The molecule has 0 aromatic carbocycles. The molecule has 31 heavy (non-hydrogen) atoms. The maximum Gasteiger partial charge on any atom is 0.247 e. The van der Waals surface area contributed by atoms with Crippen molar-refractivity contribution in [2.75, 3.05) is 6.54 Å². The van der Waals surface area contributed by atoms with E-state index < -0.39 is 41.9 Å². The number of amides is 2. The topological polar surface area (TPSA) is 114 Å². The van der Waals surface area contributed by atoms with Gasteiger partial charge in [-0.25, -0.2) is 8.78 Å². The Kier molecular flexibility index (Phi) is 7.01. The summed E-state index contributed by atoms with van der Waals surface area (Å²) in [6, 6.07) is 0.703. The molecule has 6 unspecified atom stereocenters. The Bertz CT molecular complexity index is 789. The van der Waals surface area contributed by atoms with E-state index >= 15 is 0 Å². The molecule has 7 atom stereocenters. The van der Waals surface area contributed by atoms with Crippen LogP contribution in [0.25, 0.3) is 0 Å². The standard InChI is InChI=1S/C22H32F2N4O3/c1-11-14(21(30)27-16-6-7-26-17(10-25)19(11)16)9-18(29)28-20(22(2,3)31)13-5-4-12(23)8-15(13)24/h12-13,15-17,19-20,26,31H,4-9H2,1-3H3,(H,27,30)(H,28,29)/t12?,13?,15?,16?,17?,19?,20-/m0/s1. The number of fused-ring (bicyclic) bond motifs is 1. The highest BCUT2D eigenvalue weighted by Crippen LogP contribution is 2.35. The van der Waals surface area contributed by atoms with Gasteiger partial charge in [0.05, 0.1) is 24.1 Å². The number of halogens is 2. The Hall–Kier alpha value is -2.05. The molecule has 1 saturated carbocycles. The lowest BCUT2D eigenvalue weighted by molar-refractivity contribution is -0.127. The number of aliphatic hydroxyl groups is 1. The van der Waals surface area contributed by atoms with Crippen LogP contribution in [0.1, 0.15) is 52.9 Å². The largest absolute Gasteiger partial charge is 0.388 e. The molecule has 2 heterocycles. The molecule has 9 heteroatoms. The first-order valence-electron chi connectivity index (χ1n) is 11.0. The van der Waals surface area contributed by atoms with Crippen molar-refractivity contribution in [1.82, 2.24) is 16.0 Å². The number of nitrogens with zero attached hydrogens (tertiary/aromatic N) is 1. The molecule has 0 aromatic heterocycles. The third kappa shape index (κ3) is 5.07. The molecule has 0 radical (unpaired) electrons. The fourth-order valence-corrected chi connectivity index (χ4v) is 5.29. The zero-order valence-electron chi connectivity index (χ0n) is 18.3. The van der Waals surface area contributed by atoms with E-state index in [-0.39, 0.29) is 43.6 Å². The monoisotopic (exact) mass is 438 g/mol. The Labute approximate surface area is 181 Å². The Morgan fingerprint density at radius 2 is 2.06 bits per heavy atom. The van der Waals surface area contributed by atoms with Gasteiger partial charge in [-0.2, -0.15) is 5.26 Å². The lowest BCUT2D eigenvalue weighted by Crippen LogP contribution is -2.59. The van der Waals surface area contributed by atoms with Gasteiger partial charge in [0.2, 0.25) is 11.8 Å². The average molecular weight is 439 g/mol. The predicted octanol–water partition coefficient (Wildman–Crippen LogP) is 1.43. The van der Waals surface area contributed by atoms with Crippen LogP contribution in [0.3, 0.4) is 0 Å². The second-order valence-corrected chi connectivity index (χ2v) is 9.58. The van der Waals surface area contributed by atoms with Crippen molar-refractivity contribution in [3.8, 4) is 6.07 Å². The van der Waals surface area contributed by atoms with E-state index in [0.717, 1.165) is 0 Å². The third-order valence-corrected chi connectivity index (χ3v) is 6.92. The lowest BCUT2D eigenvalue weighted by Gasteiger charge is -2.42. The minimum atomic E-state index is -1.47. The summed E-state index contributed by atoms with van der Waals surface area (Å²) in [5.41, 5.74) is -0.429. The van der Waals surface area contributed by atoms with Gasteiger partial charge in [0.25, 0.3) is 0 Å². The van der Waals surface area contributed by atoms with Gasteiger partial charge in [-0.3, -0.25) is 9.59 Å². The number of piperidine rings is 1. The third-order valence-electron chi connectivity index (χ3n) is 6.92. The fourth-order valence-electron chi connectivity index (χ4n) is 5.29. The van der Waals surface area contributed by atoms with Crippen molar-refractivity contribution >= 4 is 11.8 Å². The van der Waals surface area contributed by atoms with E-state index in [1.807, 2.05) is 0 Å². The van der Waals surface area contributed by atoms with Crippen LogP contribution in [-0.4, -0.2) is 59.5 Å². The maximum absolute atomic E-state index is 14.6. The highest BCUT2D eigenvalue weighted by molar-refractivity contribution is 6.00. The molecular weight excluding hydrogens is 406 g/mol. The minimum absolute atomic E-state index is 0.155. The van der Waals surface area contributed by atoms with Gasteiger partial charge in [-0.1, -0.05) is 5.57 Å². The Morgan fingerprint density at radius 3 is 2.68 bits per heavy atom. The van der Waals surface area contributed by atoms with Gasteiger partial charge in [0.1, 0.15) is 18.4 Å². The molecule has 0 aromatic rings. The molecule has 3 aliphatic rings. The normalized spacial score (nSPS) is 34.9. The van der Waals surface area contributed by atoms with Crippen molar-refractivity contribution in [3.63, 3.8) is 0 Å². The van der Waals surface area contributed by atoms with Gasteiger partial charge < -0.3 is 21.1 Å². The van der Waals surface area contributed by atoms with Gasteiger partial charge in [-0.15, -0.1) is 0 Å². The summed E-state index contributed by atoms with van der Waals surface area (Å²) in [7, 11) is 0. The molecular formula is C22H32F2N4O3. The summed E-state index contributed by atoms with van der Waals surface area (Å²) in [6.07, 6.45) is -2.06. The number of alkyl halides is 2. The van der Waals surface area contributed by atoms with Crippen molar-refractivity contribution < 1.29 is 23.5 Å². The van der Waals surface area contributed by atoms with E-state index in [1.165, 1.54) is 13.8 Å². The van der Waals surface area contributed by atoms with Crippen molar-refractivity contribution in [3.05, 3.63) is 11.1 Å². The van der Waals surface area contributed by atoms with E-state index in [0.29, 0.717) is 24.1 Å². The van der Waals surface area contributed by atoms with Crippen LogP contribution in [0.4, 0.5) is 8.78 Å². The summed E-state index contributed by atoms with van der Waals surface area (Å²) in [4.78, 5) is 25.5. The molecule has 4 N–H and O–H groups in total. The molecule has 0 spiro atoms. The second-order valence-electron chi connectivity index (χ2n) is 9.58. The summed E-state index contributed by atoms with van der Waals surface area (Å²) in [5, 5.41) is 28.8. The molecule has 1 saturated heterocycles. The molecule has 3 rings (SSSR count). The molecule has 2 amide bonds. The first-order valence-corrected chi connectivity index (χ1v) is 11.0. The van der Waals surface area contributed by atoms with Gasteiger partial charge >= 0.3 is 0 Å². The minimum Gasteiger partial charge on any atom is -0.388 e. The first-order chi connectivity index (χ1) is 14.5. The van der Waals surface area contributed by atoms with Crippen LogP contribution < -0.4 is 16.0 Å². The summed E-state index contributed by atoms with van der Waals surface area (Å²) < 4.78 is 28.1. The average Bonchev–Trinajstić information content (AvgIpc) is 2.68. The molecule has 2 fully saturated rings. The van der Waals surface area contributed by atoms with E-state index in [4.69, 9.17) is 0 Å². The fraction of sp³-hybridized carbons (Fsp3) is 0.773. The summed E-state index contributed by atoms with van der Waals surface area (Å²) >= 11 is 0. The van der Waals surface area contributed by atoms with Gasteiger partial charge in [-0.05, 0) is 46.6 Å². The Morgan fingerprint density at radius 1 is 1.35 bits per heavy atom. The number of rotatable bonds is 5. The number of hydrogen-bond donors (Lipinski definition) is 4. The summed E-state index contributed by atoms with van der Waals surface area (Å²) in [5.74, 6) is -1.78. The van der Waals surface area contributed by atoms with Gasteiger partial charge in [0, 0.05) is 29.9 Å².